The molecule has 0 radical (unpaired) electrons. The molecular weight excluding hydrogens is 298 g/mol. The van der Waals surface area contributed by atoms with Crippen molar-refractivity contribution in [3.63, 3.8) is 0 Å². The first-order valence-corrected chi connectivity index (χ1v) is 7.30. The number of carboxylic acids is 1. The smallest absolute Gasteiger partial charge is 0.334 e. The van der Waals surface area contributed by atoms with Gasteiger partial charge < -0.3 is 15.6 Å². The van der Waals surface area contributed by atoms with Gasteiger partial charge in [-0.05, 0) is 30.5 Å². The van der Waals surface area contributed by atoms with Gasteiger partial charge in [0.25, 0.3) is 0 Å². The number of hydrogen-bond donors (Lipinski definition) is 2. The lowest BCUT2D eigenvalue weighted by atomic mass is 9.92. The molecule has 0 saturated carbocycles. The summed E-state index contributed by atoms with van der Waals surface area (Å²) in [6, 6.07) is 6.35. The summed E-state index contributed by atoms with van der Waals surface area (Å²) in [6.45, 7) is 5.23. The Kier molecular flexibility index (Phi) is 6.50. The van der Waals surface area contributed by atoms with E-state index in [1.807, 2.05) is 0 Å². The number of amides is 1. The molecule has 0 aromatic heterocycles. The van der Waals surface area contributed by atoms with Gasteiger partial charge in [-0.3, -0.25) is 4.79 Å². The maximum atomic E-state index is 12.2. The summed E-state index contributed by atoms with van der Waals surface area (Å²) in [6.07, 6.45) is 0.109. The van der Waals surface area contributed by atoms with E-state index in [0.29, 0.717) is 11.1 Å². The Morgan fingerprint density at radius 3 is 2.13 bits per heavy atom. The second-order valence-corrected chi connectivity index (χ2v) is 5.31. The monoisotopic (exact) mass is 319 g/mol. The summed E-state index contributed by atoms with van der Waals surface area (Å²) in [5.41, 5.74) is 6.36. The highest BCUT2D eigenvalue weighted by atomic mass is 16.5. The van der Waals surface area contributed by atoms with Crippen LogP contribution >= 0.6 is 0 Å². The number of carbonyl (C=O) groups is 3. The van der Waals surface area contributed by atoms with Gasteiger partial charge in [0.05, 0.1) is 17.8 Å². The van der Waals surface area contributed by atoms with E-state index in [2.05, 4.69) is 0 Å². The maximum Gasteiger partial charge on any atom is 0.334 e. The first-order chi connectivity index (χ1) is 10.8. The fourth-order valence-electron chi connectivity index (χ4n) is 2.21. The summed E-state index contributed by atoms with van der Waals surface area (Å²) >= 11 is 0. The maximum absolute atomic E-state index is 12.2. The Labute approximate surface area is 134 Å². The summed E-state index contributed by atoms with van der Waals surface area (Å²) < 4.78 is 4.99. The van der Waals surface area contributed by atoms with Gasteiger partial charge in [-0.25, -0.2) is 9.59 Å². The molecule has 1 rings (SSSR count). The molecule has 3 N–H and O–H groups in total. The molecule has 0 heterocycles. The standard InChI is InChI=1S/C17H21NO5/c1-4-23-17(22)13(14(10(2)3)16(20)21)9-11-5-7-12(8-6-11)15(18)19/h5-8,10H,4,9H2,1-3H3,(H2,18,19)(H,20,21). The van der Waals surface area contributed by atoms with E-state index < -0.39 is 17.8 Å². The van der Waals surface area contributed by atoms with E-state index in [0.717, 1.165) is 0 Å². The number of carboxylic acid groups (broad SMARTS) is 1. The first kappa shape index (κ1) is 18.4. The number of carbonyl (C=O) groups excluding carboxylic acids is 2. The van der Waals surface area contributed by atoms with Crippen molar-refractivity contribution in [3.8, 4) is 0 Å². The Morgan fingerprint density at radius 2 is 1.74 bits per heavy atom. The topological polar surface area (TPSA) is 107 Å². The zero-order chi connectivity index (χ0) is 17.6. The Bertz CT molecular complexity index is 629. The zero-order valence-corrected chi connectivity index (χ0v) is 13.5. The van der Waals surface area contributed by atoms with Gasteiger partial charge in [0.1, 0.15) is 0 Å². The van der Waals surface area contributed by atoms with Crippen LogP contribution in [0.5, 0.6) is 0 Å². The lowest BCUT2D eigenvalue weighted by molar-refractivity contribution is -0.140. The molecule has 1 amide bonds. The van der Waals surface area contributed by atoms with Crippen LogP contribution in [0.3, 0.4) is 0 Å². The number of primary amides is 1. The number of hydrogen-bond acceptors (Lipinski definition) is 4. The second kappa shape index (κ2) is 8.12. The number of benzene rings is 1. The molecule has 0 bridgehead atoms. The van der Waals surface area contributed by atoms with Crippen LogP contribution in [0.15, 0.2) is 35.4 Å². The van der Waals surface area contributed by atoms with Crippen molar-refractivity contribution in [1.82, 2.24) is 0 Å². The van der Waals surface area contributed by atoms with Crippen molar-refractivity contribution in [1.29, 1.82) is 0 Å². The number of rotatable bonds is 7. The van der Waals surface area contributed by atoms with Gasteiger partial charge in [0, 0.05) is 12.0 Å². The van der Waals surface area contributed by atoms with Crippen molar-refractivity contribution in [2.24, 2.45) is 11.7 Å². The molecule has 1 aromatic rings. The largest absolute Gasteiger partial charge is 0.478 e. The quantitative estimate of drug-likeness (QED) is 0.590. The molecule has 0 unspecified atom stereocenters. The lowest BCUT2D eigenvalue weighted by Crippen LogP contribution is -2.19. The van der Waals surface area contributed by atoms with Gasteiger partial charge in [-0.1, -0.05) is 26.0 Å². The molecule has 0 saturated heterocycles. The molecule has 0 atom stereocenters. The first-order valence-electron chi connectivity index (χ1n) is 7.30. The Hall–Kier alpha value is -2.63. The SMILES string of the molecule is CCOC(=O)C(Cc1ccc(C(N)=O)cc1)=C(C(=O)O)C(C)C. The average Bonchev–Trinajstić information content (AvgIpc) is 2.46. The van der Waals surface area contributed by atoms with Crippen LogP contribution < -0.4 is 5.73 Å². The fourth-order valence-corrected chi connectivity index (χ4v) is 2.21. The molecule has 23 heavy (non-hydrogen) atoms. The van der Waals surface area contributed by atoms with Crippen LogP contribution in [0.25, 0.3) is 0 Å². The summed E-state index contributed by atoms with van der Waals surface area (Å²) in [7, 11) is 0. The third kappa shape index (κ3) is 4.95. The van der Waals surface area contributed by atoms with Crippen LogP contribution in [0, 0.1) is 5.92 Å². The molecular formula is C17H21NO5. The van der Waals surface area contributed by atoms with Crippen molar-refractivity contribution in [2.75, 3.05) is 6.61 Å². The van der Waals surface area contributed by atoms with Gasteiger partial charge in [0.2, 0.25) is 5.91 Å². The molecule has 6 nitrogen and oxygen atoms in total. The summed E-state index contributed by atoms with van der Waals surface area (Å²) in [5, 5.41) is 9.40. The van der Waals surface area contributed by atoms with Gasteiger partial charge in [-0.2, -0.15) is 0 Å². The molecule has 6 heteroatoms. The average molecular weight is 319 g/mol. The third-order valence-corrected chi connectivity index (χ3v) is 3.27. The Morgan fingerprint density at radius 1 is 1.17 bits per heavy atom. The van der Waals surface area contributed by atoms with Crippen LogP contribution in [0.1, 0.15) is 36.7 Å². The molecule has 0 spiro atoms. The highest BCUT2D eigenvalue weighted by Gasteiger charge is 2.24. The molecule has 1 aromatic carbocycles. The van der Waals surface area contributed by atoms with Crippen molar-refractivity contribution >= 4 is 17.8 Å². The van der Waals surface area contributed by atoms with Crippen molar-refractivity contribution < 1.29 is 24.2 Å². The minimum absolute atomic E-state index is 0.0300. The summed E-state index contributed by atoms with van der Waals surface area (Å²) in [5.74, 6) is -2.67. The number of esters is 1. The minimum Gasteiger partial charge on any atom is -0.478 e. The molecule has 124 valence electrons. The van der Waals surface area contributed by atoms with Gasteiger partial charge >= 0.3 is 11.9 Å². The minimum atomic E-state index is -1.14. The fraction of sp³-hybridized carbons (Fsp3) is 0.353. The predicted molar refractivity (Wildman–Crippen MR) is 84.8 cm³/mol. The van der Waals surface area contributed by atoms with E-state index in [1.165, 1.54) is 12.1 Å². The molecule has 0 aliphatic rings. The van der Waals surface area contributed by atoms with Gasteiger partial charge in [0.15, 0.2) is 0 Å². The van der Waals surface area contributed by atoms with E-state index >= 15 is 0 Å². The number of nitrogens with two attached hydrogens (primary N) is 1. The highest BCUT2D eigenvalue weighted by Crippen LogP contribution is 2.21. The lowest BCUT2D eigenvalue weighted by Gasteiger charge is -2.14. The molecule has 0 fully saturated rings. The van der Waals surface area contributed by atoms with Crippen LogP contribution in [0.2, 0.25) is 0 Å². The van der Waals surface area contributed by atoms with Gasteiger partial charge in [-0.15, -0.1) is 0 Å². The van der Waals surface area contributed by atoms with E-state index in [4.69, 9.17) is 10.5 Å². The highest BCUT2D eigenvalue weighted by molar-refractivity contribution is 6.00. The van der Waals surface area contributed by atoms with Crippen molar-refractivity contribution in [2.45, 2.75) is 27.2 Å². The van der Waals surface area contributed by atoms with Crippen LogP contribution in [-0.4, -0.2) is 29.6 Å². The predicted octanol–water partition coefficient (Wildman–Crippen LogP) is 1.93. The van der Waals surface area contributed by atoms with E-state index in [-0.39, 0.29) is 30.1 Å². The summed E-state index contributed by atoms with van der Waals surface area (Å²) in [4.78, 5) is 34.7. The van der Waals surface area contributed by atoms with Crippen LogP contribution in [0.4, 0.5) is 0 Å². The molecule has 0 aliphatic carbocycles. The van der Waals surface area contributed by atoms with E-state index in [1.54, 1.807) is 32.9 Å². The van der Waals surface area contributed by atoms with Crippen LogP contribution in [-0.2, 0) is 20.7 Å². The zero-order valence-electron chi connectivity index (χ0n) is 13.5. The van der Waals surface area contributed by atoms with Crippen molar-refractivity contribution in [3.05, 3.63) is 46.5 Å². The number of ether oxygens (including phenoxy) is 1. The number of aliphatic carboxylic acids is 1. The second-order valence-electron chi connectivity index (χ2n) is 5.31. The van der Waals surface area contributed by atoms with E-state index in [9.17, 15) is 19.5 Å². The normalized spacial score (nSPS) is 11.8. The molecule has 0 aliphatic heterocycles. The Balaban J connectivity index is 3.25. The third-order valence-electron chi connectivity index (χ3n) is 3.27.